The fraction of sp³-hybridized carbons (Fsp3) is 0.182. The fourth-order valence-corrected chi connectivity index (χ4v) is 3.56. The summed E-state index contributed by atoms with van der Waals surface area (Å²) in [6.07, 6.45) is 0.723. The Balaban J connectivity index is 1.33. The standard InChI is InChI=1S/C22H20BrFN8O4/c23-15-12-14(7-8-16(15)24)32-20(31-35-22(32)34)18-19(30-36-29-18)26-9-4-10-27-21(25)28-17(33)11-13-5-2-1-3-6-13/h1-3,5-8,12H,4,9-11H2,(H,26,30)(H3,25,27,28,33). The van der Waals surface area contributed by atoms with Gasteiger partial charge in [0.15, 0.2) is 11.7 Å². The first-order valence-corrected chi connectivity index (χ1v) is 11.5. The maximum atomic E-state index is 13.6. The number of carbonyl (C=O) groups excluding carboxylic acids is 1. The van der Waals surface area contributed by atoms with Gasteiger partial charge in [-0.1, -0.05) is 35.5 Å². The number of amides is 1. The smallest absolute Gasteiger partial charge is 0.370 e. The van der Waals surface area contributed by atoms with Crippen LogP contribution in [0.4, 0.5) is 10.2 Å². The minimum atomic E-state index is -0.795. The Bertz CT molecular complexity index is 1430. The first-order valence-electron chi connectivity index (χ1n) is 10.7. The average molecular weight is 559 g/mol. The van der Waals surface area contributed by atoms with E-state index in [0.29, 0.717) is 25.2 Å². The van der Waals surface area contributed by atoms with Crippen LogP contribution in [0.5, 0.6) is 0 Å². The number of halogens is 2. The lowest BCUT2D eigenvalue weighted by Crippen LogP contribution is -2.37. The molecule has 186 valence electrons. The third-order valence-corrected chi connectivity index (χ3v) is 5.46. The molecule has 0 spiro atoms. The fourth-order valence-electron chi connectivity index (χ4n) is 3.20. The van der Waals surface area contributed by atoms with Crippen molar-refractivity contribution < 1.29 is 18.3 Å². The van der Waals surface area contributed by atoms with E-state index in [1.54, 1.807) is 0 Å². The van der Waals surface area contributed by atoms with Crippen LogP contribution in [0.1, 0.15) is 12.0 Å². The highest BCUT2D eigenvalue weighted by Crippen LogP contribution is 2.26. The number of guanidine groups is 1. The van der Waals surface area contributed by atoms with Crippen LogP contribution in [0.2, 0.25) is 0 Å². The second kappa shape index (κ2) is 11.4. The third-order valence-electron chi connectivity index (χ3n) is 4.85. The summed E-state index contributed by atoms with van der Waals surface area (Å²) in [6.45, 7) is 0.712. The molecule has 0 aliphatic carbocycles. The van der Waals surface area contributed by atoms with Crippen LogP contribution in [0.3, 0.4) is 0 Å². The van der Waals surface area contributed by atoms with Gasteiger partial charge in [0, 0.05) is 13.1 Å². The highest BCUT2D eigenvalue weighted by atomic mass is 79.9. The van der Waals surface area contributed by atoms with Gasteiger partial charge in [0.2, 0.25) is 17.5 Å². The Morgan fingerprint density at radius 3 is 2.75 bits per heavy atom. The lowest BCUT2D eigenvalue weighted by molar-refractivity contribution is -0.119. The van der Waals surface area contributed by atoms with E-state index in [9.17, 15) is 14.0 Å². The van der Waals surface area contributed by atoms with Gasteiger partial charge in [0.05, 0.1) is 16.6 Å². The molecular weight excluding hydrogens is 539 g/mol. The van der Waals surface area contributed by atoms with Gasteiger partial charge in [0.1, 0.15) is 5.82 Å². The van der Waals surface area contributed by atoms with Crippen LogP contribution in [-0.2, 0) is 11.2 Å². The largest absolute Gasteiger partial charge is 0.446 e. The quantitative estimate of drug-likeness (QED) is 0.158. The van der Waals surface area contributed by atoms with E-state index in [4.69, 9.17) is 14.9 Å². The second-order valence-corrected chi connectivity index (χ2v) is 8.28. The highest BCUT2D eigenvalue weighted by molar-refractivity contribution is 9.10. The van der Waals surface area contributed by atoms with Crippen LogP contribution < -0.4 is 22.1 Å². The molecule has 2 heterocycles. The normalized spacial score (nSPS) is 11.4. The summed E-state index contributed by atoms with van der Waals surface area (Å²) in [5, 5.41) is 16.9. The van der Waals surface area contributed by atoms with E-state index in [1.165, 1.54) is 18.2 Å². The van der Waals surface area contributed by atoms with Gasteiger partial charge in [-0.15, -0.1) is 0 Å². The number of hydrogen-bond acceptors (Lipinski definition) is 9. The monoisotopic (exact) mass is 558 g/mol. The molecule has 1 amide bonds. The molecule has 0 saturated heterocycles. The Kier molecular flexibility index (Phi) is 7.85. The number of nitrogens with zero attached hydrogens (tertiary/aromatic N) is 5. The summed E-state index contributed by atoms with van der Waals surface area (Å²) in [5.74, 6) is -1.29. The molecule has 14 heteroatoms. The maximum Gasteiger partial charge on any atom is 0.446 e. The van der Waals surface area contributed by atoms with Crippen LogP contribution in [0, 0.1) is 5.82 Å². The molecule has 0 fully saturated rings. The predicted molar refractivity (Wildman–Crippen MR) is 131 cm³/mol. The first-order chi connectivity index (χ1) is 17.4. The Morgan fingerprint density at radius 2 is 1.97 bits per heavy atom. The lowest BCUT2D eigenvalue weighted by atomic mass is 10.1. The number of benzene rings is 2. The predicted octanol–water partition coefficient (Wildman–Crippen LogP) is 2.25. The molecule has 2 aromatic heterocycles. The second-order valence-electron chi connectivity index (χ2n) is 7.43. The SMILES string of the molecule is NC(=NCCCNc1nonc1-c1noc(=O)n1-c1ccc(F)c(Br)c1)NC(=O)Cc1ccccc1. The van der Waals surface area contributed by atoms with Crippen LogP contribution >= 0.6 is 15.9 Å². The summed E-state index contributed by atoms with van der Waals surface area (Å²) < 4.78 is 24.5. The van der Waals surface area contributed by atoms with Gasteiger partial charge in [-0.2, -0.15) is 0 Å². The van der Waals surface area contributed by atoms with Crippen LogP contribution in [0.15, 0.2) is 71.9 Å². The Hall–Kier alpha value is -4.33. The zero-order chi connectivity index (χ0) is 25.5. The van der Waals surface area contributed by atoms with E-state index in [1.807, 2.05) is 30.3 Å². The number of nitrogens with one attached hydrogen (secondary N) is 2. The minimum absolute atomic E-state index is 0.0191. The maximum absolute atomic E-state index is 13.6. The van der Waals surface area contributed by atoms with Crippen molar-refractivity contribution in [3.8, 4) is 17.2 Å². The molecule has 0 aliphatic rings. The molecule has 0 aliphatic heterocycles. The third kappa shape index (κ3) is 6.02. The summed E-state index contributed by atoms with van der Waals surface area (Å²) in [6, 6.07) is 13.3. The molecular formula is C22H20BrFN8O4. The van der Waals surface area contributed by atoms with E-state index in [-0.39, 0.29) is 40.1 Å². The Labute approximate surface area is 211 Å². The molecule has 4 aromatic rings. The van der Waals surface area contributed by atoms with E-state index < -0.39 is 11.6 Å². The van der Waals surface area contributed by atoms with Gasteiger partial charge >= 0.3 is 5.76 Å². The molecule has 0 radical (unpaired) electrons. The average Bonchev–Trinajstić information content (AvgIpc) is 3.47. The minimum Gasteiger partial charge on any atom is -0.370 e. The van der Waals surface area contributed by atoms with Gasteiger partial charge in [-0.3, -0.25) is 19.6 Å². The van der Waals surface area contributed by atoms with Gasteiger partial charge in [-0.25, -0.2) is 18.4 Å². The topological polar surface area (TPSA) is 166 Å². The van der Waals surface area contributed by atoms with Crippen molar-refractivity contribution in [1.82, 2.24) is 25.4 Å². The van der Waals surface area contributed by atoms with E-state index in [2.05, 4.69) is 47.0 Å². The number of carbonyl (C=O) groups is 1. The van der Waals surface area contributed by atoms with Crippen molar-refractivity contribution in [2.45, 2.75) is 12.8 Å². The number of rotatable bonds is 9. The zero-order valence-corrected chi connectivity index (χ0v) is 20.2. The number of anilines is 1. The molecule has 12 nitrogen and oxygen atoms in total. The van der Waals surface area contributed by atoms with Crippen molar-refractivity contribution in [3.05, 3.63) is 74.9 Å². The number of aromatic nitrogens is 4. The van der Waals surface area contributed by atoms with E-state index in [0.717, 1.165) is 10.1 Å². The zero-order valence-electron chi connectivity index (χ0n) is 18.6. The van der Waals surface area contributed by atoms with Gasteiger partial charge < -0.3 is 11.1 Å². The molecule has 0 saturated carbocycles. The van der Waals surface area contributed by atoms with Crippen molar-refractivity contribution >= 4 is 33.6 Å². The van der Waals surface area contributed by atoms with Crippen molar-refractivity contribution in [3.63, 3.8) is 0 Å². The molecule has 4 N–H and O–H groups in total. The van der Waals surface area contributed by atoms with Crippen molar-refractivity contribution in [1.29, 1.82) is 0 Å². The number of nitrogens with two attached hydrogens (primary N) is 1. The van der Waals surface area contributed by atoms with Crippen LogP contribution in [0.25, 0.3) is 17.2 Å². The Morgan fingerprint density at radius 1 is 1.17 bits per heavy atom. The summed E-state index contributed by atoms with van der Waals surface area (Å²) in [7, 11) is 0. The van der Waals surface area contributed by atoms with Crippen molar-refractivity contribution in [2.75, 3.05) is 18.4 Å². The summed E-state index contributed by atoms with van der Waals surface area (Å²) in [4.78, 5) is 28.4. The van der Waals surface area contributed by atoms with Gasteiger partial charge in [-0.05, 0) is 56.4 Å². The van der Waals surface area contributed by atoms with Crippen LogP contribution in [-0.4, -0.2) is 45.0 Å². The first kappa shape index (κ1) is 24.8. The molecule has 4 rings (SSSR count). The molecule has 0 atom stereocenters. The summed E-state index contributed by atoms with van der Waals surface area (Å²) in [5.41, 5.74) is 7.08. The highest BCUT2D eigenvalue weighted by Gasteiger charge is 2.23. The molecule has 0 bridgehead atoms. The van der Waals surface area contributed by atoms with Gasteiger partial charge in [0.25, 0.3) is 0 Å². The molecule has 0 unspecified atom stereocenters. The number of aliphatic imine (C=N–C) groups is 1. The lowest BCUT2D eigenvalue weighted by Gasteiger charge is -2.06. The summed E-state index contributed by atoms with van der Waals surface area (Å²) >= 11 is 3.09. The molecule has 2 aromatic carbocycles. The molecule has 36 heavy (non-hydrogen) atoms. The van der Waals surface area contributed by atoms with E-state index >= 15 is 0 Å². The van der Waals surface area contributed by atoms with Crippen molar-refractivity contribution in [2.24, 2.45) is 10.7 Å². The number of hydrogen-bond donors (Lipinski definition) is 3.